The van der Waals surface area contributed by atoms with Crippen LogP contribution in [0.15, 0.2) is 72.8 Å². The van der Waals surface area contributed by atoms with E-state index < -0.39 is 11.9 Å². The van der Waals surface area contributed by atoms with Crippen LogP contribution in [0.3, 0.4) is 0 Å². The van der Waals surface area contributed by atoms with Crippen LogP contribution in [0, 0.1) is 24.5 Å². The molecule has 1 N–H and O–H groups in total. The highest BCUT2D eigenvalue weighted by Gasteiger charge is 2.49. The molecule has 0 aromatic heterocycles. The SMILES string of the molecule is Cc1ccccc1NC(=O)C[N+]12CCC(CC1)C(OC(=O)N(Cc1ccc(F)cc1)c1ccccc1F)C2. The summed E-state index contributed by atoms with van der Waals surface area (Å²) >= 11 is 0. The number of hydrogen-bond donors (Lipinski definition) is 1. The molecule has 6 rings (SSSR count). The molecule has 3 saturated heterocycles. The first-order valence-electron chi connectivity index (χ1n) is 13.0. The van der Waals surface area contributed by atoms with Crippen molar-refractivity contribution in [2.45, 2.75) is 32.4 Å². The van der Waals surface area contributed by atoms with Gasteiger partial charge in [0, 0.05) is 24.4 Å². The number of carbonyl (C=O) groups is 2. The zero-order valence-electron chi connectivity index (χ0n) is 21.4. The smallest absolute Gasteiger partial charge is 0.415 e. The van der Waals surface area contributed by atoms with Crippen molar-refractivity contribution in [3.8, 4) is 0 Å². The molecule has 2 amide bonds. The topological polar surface area (TPSA) is 58.6 Å². The fourth-order valence-electron chi connectivity index (χ4n) is 5.67. The van der Waals surface area contributed by atoms with Crippen molar-refractivity contribution >= 4 is 23.4 Å². The van der Waals surface area contributed by atoms with E-state index in [-0.39, 0.29) is 36.0 Å². The fraction of sp³-hybridized carbons (Fsp3) is 0.333. The third-order valence-electron chi connectivity index (χ3n) is 7.81. The predicted octanol–water partition coefficient (Wildman–Crippen LogP) is 5.66. The molecule has 8 heteroatoms. The number of para-hydroxylation sites is 2. The summed E-state index contributed by atoms with van der Waals surface area (Å²) in [6.45, 7) is 4.55. The van der Waals surface area contributed by atoms with Gasteiger partial charge in [0.2, 0.25) is 0 Å². The summed E-state index contributed by atoms with van der Waals surface area (Å²) in [5.74, 6) is -0.793. The number of nitrogens with zero attached hydrogens (tertiary/aromatic N) is 2. The lowest BCUT2D eigenvalue weighted by molar-refractivity contribution is -0.938. The number of piperidine rings is 3. The Labute approximate surface area is 221 Å². The number of quaternary nitrogens is 1. The van der Waals surface area contributed by atoms with Gasteiger partial charge in [-0.1, -0.05) is 42.5 Å². The number of nitrogens with one attached hydrogen (secondary N) is 1. The third-order valence-corrected chi connectivity index (χ3v) is 7.81. The van der Waals surface area contributed by atoms with Crippen LogP contribution in [0.1, 0.15) is 24.0 Å². The Balaban J connectivity index is 1.30. The maximum Gasteiger partial charge on any atom is 0.415 e. The molecule has 3 aliphatic heterocycles. The number of halogens is 2. The van der Waals surface area contributed by atoms with Crippen molar-refractivity contribution in [1.82, 2.24) is 0 Å². The van der Waals surface area contributed by atoms with Gasteiger partial charge in [0.15, 0.2) is 12.6 Å². The average molecular weight is 521 g/mol. The molecule has 1 atom stereocenters. The van der Waals surface area contributed by atoms with Gasteiger partial charge in [-0.05, 0) is 48.4 Å². The number of anilines is 2. The van der Waals surface area contributed by atoms with Crippen molar-refractivity contribution in [2.24, 2.45) is 5.92 Å². The number of ether oxygens (including phenoxy) is 1. The second-order valence-electron chi connectivity index (χ2n) is 10.4. The maximum atomic E-state index is 14.8. The molecule has 198 valence electrons. The zero-order valence-corrected chi connectivity index (χ0v) is 21.4. The van der Waals surface area contributed by atoms with Crippen molar-refractivity contribution in [1.29, 1.82) is 0 Å². The third kappa shape index (κ3) is 5.70. The van der Waals surface area contributed by atoms with Gasteiger partial charge in [-0.25, -0.2) is 13.6 Å². The first-order chi connectivity index (χ1) is 18.3. The Hall–Kier alpha value is -3.78. The number of benzene rings is 3. The van der Waals surface area contributed by atoms with Gasteiger partial charge in [0.05, 0.1) is 25.3 Å². The molecule has 3 aromatic carbocycles. The molecule has 0 spiro atoms. The van der Waals surface area contributed by atoms with Crippen LogP contribution in [0.5, 0.6) is 0 Å². The number of carbonyl (C=O) groups excluding carboxylic acids is 2. The van der Waals surface area contributed by atoms with Gasteiger partial charge < -0.3 is 14.5 Å². The highest BCUT2D eigenvalue weighted by atomic mass is 19.1. The minimum atomic E-state index is -0.652. The van der Waals surface area contributed by atoms with Crippen LogP contribution >= 0.6 is 0 Å². The number of fused-ring (bicyclic) bond motifs is 3. The normalized spacial score (nSPS) is 22.1. The molecular weight excluding hydrogens is 488 g/mol. The summed E-state index contributed by atoms with van der Waals surface area (Å²) in [6, 6.07) is 19.5. The number of aryl methyl sites for hydroxylation is 1. The van der Waals surface area contributed by atoms with E-state index in [0.29, 0.717) is 23.1 Å². The predicted molar refractivity (Wildman–Crippen MR) is 142 cm³/mol. The second kappa shape index (κ2) is 10.9. The Bertz CT molecular complexity index is 1310. The molecule has 3 aromatic rings. The highest BCUT2D eigenvalue weighted by Crippen LogP contribution is 2.36. The van der Waals surface area contributed by atoms with Crippen LogP contribution in [-0.4, -0.2) is 48.8 Å². The largest absolute Gasteiger partial charge is 0.440 e. The van der Waals surface area contributed by atoms with Crippen molar-refractivity contribution < 1.29 is 27.6 Å². The minimum Gasteiger partial charge on any atom is -0.440 e. The van der Waals surface area contributed by atoms with E-state index in [1.54, 1.807) is 24.3 Å². The quantitative estimate of drug-likeness (QED) is 0.409. The average Bonchev–Trinajstić information content (AvgIpc) is 2.90. The van der Waals surface area contributed by atoms with Crippen LogP contribution in [-0.2, 0) is 16.1 Å². The first kappa shape index (κ1) is 25.9. The fourth-order valence-corrected chi connectivity index (χ4v) is 5.67. The summed E-state index contributed by atoms with van der Waals surface area (Å²) in [7, 11) is 0. The van der Waals surface area contributed by atoms with Gasteiger partial charge in [-0.3, -0.25) is 9.69 Å². The first-order valence-corrected chi connectivity index (χ1v) is 13.0. The summed E-state index contributed by atoms with van der Waals surface area (Å²) in [5.41, 5.74) is 2.55. The summed E-state index contributed by atoms with van der Waals surface area (Å²) < 4.78 is 34.8. The van der Waals surface area contributed by atoms with Crippen LogP contribution in [0.25, 0.3) is 0 Å². The van der Waals surface area contributed by atoms with Crippen molar-refractivity contribution in [3.63, 3.8) is 0 Å². The summed E-state index contributed by atoms with van der Waals surface area (Å²) in [4.78, 5) is 27.7. The minimum absolute atomic E-state index is 0.0380. The molecule has 1 unspecified atom stereocenters. The monoisotopic (exact) mass is 520 g/mol. The Morgan fingerprint density at radius 1 is 0.974 bits per heavy atom. The number of rotatable bonds is 7. The molecular formula is C30H32F2N3O3+. The van der Waals surface area contributed by atoms with E-state index in [4.69, 9.17) is 4.74 Å². The van der Waals surface area contributed by atoms with Gasteiger partial charge in [-0.15, -0.1) is 0 Å². The Morgan fingerprint density at radius 2 is 1.66 bits per heavy atom. The number of amides is 2. The molecule has 0 aliphatic carbocycles. The van der Waals surface area contributed by atoms with E-state index in [9.17, 15) is 18.4 Å². The lowest BCUT2D eigenvalue weighted by Gasteiger charge is -2.51. The van der Waals surface area contributed by atoms with Crippen molar-refractivity contribution in [2.75, 3.05) is 36.4 Å². The zero-order chi connectivity index (χ0) is 26.7. The van der Waals surface area contributed by atoms with Crippen LogP contribution < -0.4 is 10.2 Å². The molecule has 3 heterocycles. The van der Waals surface area contributed by atoms with E-state index in [2.05, 4.69) is 5.32 Å². The van der Waals surface area contributed by atoms with Gasteiger partial charge in [0.25, 0.3) is 5.91 Å². The standard InChI is InChI=1S/C30H31F2N3O3/c1-21-6-2-4-8-26(21)33-29(36)20-35-16-14-23(15-17-35)28(19-35)38-30(37)34(27-9-5-3-7-25(27)32)18-22-10-12-24(31)13-11-22/h2-13,23,28H,14-20H2,1H3/p+1. The van der Waals surface area contributed by atoms with Gasteiger partial charge >= 0.3 is 6.09 Å². The van der Waals surface area contributed by atoms with Crippen LogP contribution in [0.4, 0.5) is 25.0 Å². The second-order valence-corrected chi connectivity index (χ2v) is 10.4. The number of hydrogen-bond acceptors (Lipinski definition) is 3. The van der Waals surface area contributed by atoms with Crippen molar-refractivity contribution in [3.05, 3.63) is 95.6 Å². The Kier molecular flexibility index (Phi) is 7.42. The highest BCUT2D eigenvalue weighted by molar-refractivity contribution is 5.92. The molecule has 38 heavy (non-hydrogen) atoms. The molecule has 0 saturated carbocycles. The lowest BCUT2D eigenvalue weighted by Crippen LogP contribution is -2.66. The molecule has 6 nitrogen and oxygen atoms in total. The lowest BCUT2D eigenvalue weighted by atomic mass is 9.83. The molecule has 3 aliphatic rings. The summed E-state index contributed by atoms with van der Waals surface area (Å²) in [6.07, 6.45) is 0.681. The van der Waals surface area contributed by atoms with Gasteiger partial charge in [0.1, 0.15) is 18.2 Å². The van der Waals surface area contributed by atoms with E-state index in [0.717, 1.165) is 37.2 Å². The molecule has 0 radical (unpaired) electrons. The van der Waals surface area contributed by atoms with Gasteiger partial charge in [-0.2, -0.15) is 0 Å². The molecule has 3 fully saturated rings. The Morgan fingerprint density at radius 3 is 2.37 bits per heavy atom. The summed E-state index contributed by atoms with van der Waals surface area (Å²) in [5, 5.41) is 3.03. The molecule has 2 bridgehead atoms. The van der Waals surface area contributed by atoms with Crippen LogP contribution in [0.2, 0.25) is 0 Å². The maximum absolute atomic E-state index is 14.8. The van der Waals surface area contributed by atoms with E-state index >= 15 is 0 Å². The van der Waals surface area contributed by atoms with E-state index in [1.165, 1.54) is 29.2 Å². The van der Waals surface area contributed by atoms with E-state index in [1.807, 2.05) is 31.2 Å².